The lowest BCUT2D eigenvalue weighted by Crippen LogP contribution is -2.41. The average Bonchev–Trinajstić information content (AvgIpc) is 3.43. The third-order valence-electron chi connectivity index (χ3n) is 8.40. The van der Waals surface area contributed by atoms with E-state index < -0.39 is 17.5 Å². The first kappa shape index (κ1) is 30.1. The number of nitrogen functional groups attached to an aromatic ring is 1. The summed E-state index contributed by atoms with van der Waals surface area (Å²) in [7, 11) is 2.06. The molecule has 0 bridgehead atoms. The Balaban J connectivity index is 1.28. The minimum Gasteiger partial charge on any atom is -0.454 e. The molecule has 2 saturated heterocycles. The van der Waals surface area contributed by atoms with Crippen molar-refractivity contribution in [1.29, 1.82) is 5.26 Å². The summed E-state index contributed by atoms with van der Waals surface area (Å²) in [6.45, 7) is 2.61. The molecule has 4 heterocycles. The Bertz CT molecular complexity index is 1830. The van der Waals surface area contributed by atoms with Crippen molar-refractivity contribution in [3.8, 4) is 28.8 Å². The summed E-state index contributed by atoms with van der Waals surface area (Å²) in [6, 6.07) is 9.13. The summed E-state index contributed by atoms with van der Waals surface area (Å²) >= 11 is 0. The molecule has 0 radical (unpaired) electrons. The van der Waals surface area contributed by atoms with Crippen LogP contribution in [0.3, 0.4) is 0 Å². The first-order valence-corrected chi connectivity index (χ1v) is 14.7. The lowest BCUT2D eigenvalue weighted by atomic mass is 9.94. The van der Waals surface area contributed by atoms with Crippen LogP contribution in [-0.2, 0) is 4.79 Å². The molecule has 13 heteroatoms. The zero-order valence-corrected chi connectivity index (χ0v) is 24.6. The van der Waals surface area contributed by atoms with Crippen molar-refractivity contribution in [3.05, 3.63) is 71.8 Å². The van der Waals surface area contributed by atoms with E-state index in [2.05, 4.69) is 28.0 Å². The van der Waals surface area contributed by atoms with Crippen LogP contribution in [0.4, 0.5) is 19.0 Å². The standard InChI is InChI=1S/C32H31F3N8O2/c1-41-12-9-19(10-13-41)14-20(16-36)32(44)42-11-3-4-21(17-42)43-31-27(30(37)38-18-39-31)29(40-43)23-8-7-22(15-25(23)34)45-26-6-2-5-24(33)28(26)35/h2,5-8,14-15,18-19,21H,3-4,9-13,17H2,1H3,(H2,37,38,39). The first-order valence-electron chi connectivity index (χ1n) is 14.7. The Kier molecular flexibility index (Phi) is 8.40. The van der Waals surface area contributed by atoms with E-state index in [4.69, 9.17) is 15.6 Å². The van der Waals surface area contributed by atoms with Crippen LogP contribution in [0.1, 0.15) is 31.7 Å². The van der Waals surface area contributed by atoms with Gasteiger partial charge in [0.15, 0.2) is 17.2 Å². The molecule has 0 aliphatic carbocycles. The Morgan fingerprint density at radius 3 is 2.64 bits per heavy atom. The van der Waals surface area contributed by atoms with Crippen LogP contribution in [0.25, 0.3) is 22.3 Å². The first-order chi connectivity index (χ1) is 21.7. The maximum atomic E-state index is 15.6. The summed E-state index contributed by atoms with van der Waals surface area (Å²) in [6.07, 6.45) is 6.23. The summed E-state index contributed by atoms with van der Waals surface area (Å²) in [5.41, 5.74) is 7.02. The van der Waals surface area contributed by atoms with E-state index in [9.17, 15) is 18.8 Å². The highest BCUT2D eigenvalue weighted by molar-refractivity contribution is 5.99. The number of anilines is 1. The number of amides is 1. The van der Waals surface area contributed by atoms with Gasteiger partial charge in [-0.05, 0) is 76.0 Å². The number of fused-ring (bicyclic) bond motifs is 1. The normalized spacial score (nSPS) is 18.2. The molecule has 2 aliphatic rings. The van der Waals surface area contributed by atoms with E-state index in [-0.39, 0.29) is 58.6 Å². The predicted octanol–water partition coefficient (Wildman–Crippen LogP) is 5.24. The number of carbonyl (C=O) groups is 1. The number of rotatable bonds is 6. The molecule has 1 amide bonds. The van der Waals surface area contributed by atoms with Crippen molar-refractivity contribution >= 4 is 22.8 Å². The zero-order valence-electron chi connectivity index (χ0n) is 24.6. The Morgan fingerprint density at radius 1 is 1.09 bits per heavy atom. The molecule has 2 aromatic carbocycles. The molecule has 232 valence electrons. The molecule has 0 spiro atoms. The molecule has 2 aromatic heterocycles. The van der Waals surface area contributed by atoms with Gasteiger partial charge in [0.2, 0.25) is 5.82 Å². The number of hydrogen-bond donors (Lipinski definition) is 1. The fourth-order valence-corrected chi connectivity index (χ4v) is 5.98. The monoisotopic (exact) mass is 616 g/mol. The number of benzene rings is 2. The Hall–Kier alpha value is -4.96. The van der Waals surface area contributed by atoms with Crippen LogP contribution < -0.4 is 10.5 Å². The molecule has 1 unspecified atom stereocenters. The van der Waals surface area contributed by atoms with E-state index >= 15 is 4.39 Å². The minimum absolute atomic E-state index is 0.0447. The highest BCUT2D eigenvalue weighted by Gasteiger charge is 2.31. The number of piperidine rings is 2. The summed E-state index contributed by atoms with van der Waals surface area (Å²) in [4.78, 5) is 25.9. The van der Waals surface area contributed by atoms with Gasteiger partial charge in [0, 0.05) is 24.7 Å². The second kappa shape index (κ2) is 12.6. The second-order valence-corrected chi connectivity index (χ2v) is 11.4. The maximum absolute atomic E-state index is 15.6. The number of carbonyl (C=O) groups excluding carboxylic acids is 1. The van der Waals surface area contributed by atoms with Crippen LogP contribution in [0.2, 0.25) is 0 Å². The van der Waals surface area contributed by atoms with Gasteiger partial charge in [-0.2, -0.15) is 14.8 Å². The van der Waals surface area contributed by atoms with Crippen LogP contribution in [0.15, 0.2) is 54.4 Å². The van der Waals surface area contributed by atoms with Crippen LogP contribution in [-0.4, -0.2) is 68.7 Å². The van der Waals surface area contributed by atoms with Crippen molar-refractivity contribution in [1.82, 2.24) is 29.5 Å². The van der Waals surface area contributed by atoms with E-state index in [1.165, 1.54) is 30.6 Å². The van der Waals surface area contributed by atoms with Crippen molar-refractivity contribution in [2.75, 3.05) is 39.0 Å². The number of hydrogen-bond acceptors (Lipinski definition) is 8. The van der Waals surface area contributed by atoms with E-state index in [0.717, 1.165) is 38.1 Å². The van der Waals surface area contributed by atoms with Gasteiger partial charge in [-0.25, -0.2) is 23.4 Å². The van der Waals surface area contributed by atoms with Crippen LogP contribution in [0.5, 0.6) is 11.5 Å². The van der Waals surface area contributed by atoms with Crippen molar-refractivity contribution in [2.24, 2.45) is 5.92 Å². The SMILES string of the molecule is CN1CCC(C=C(C#N)C(=O)N2CCCC(n3nc(-c4ccc(Oc5cccc(F)c5F)cc4F)c4c(N)ncnc43)C2)CC1. The fraction of sp³-hybridized carbons (Fsp3) is 0.344. The summed E-state index contributed by atoms with van der Waals surface area (Å²) in [5, 5.41) is 14.9. The number of halogens is 3. The van der Waals surface area contributed by atoms with Crippen molar-refractivity contribution in [3.63, 3.8) is 0 Å². The Morgan fingerprint density at radius 2 is 1.89 bits per heavy atom. The topological polar surface area (TPSA) is 126 Å². The quantitative estimate of drug-likeness (QED) is 0.230. The molecule has 1 atom stereocenters. The largest absolute Gasteiger partial charge is 0.454 e. The van der Waals surface area contributed by atoms with Gasteiger partial charge in [-0.3, -0.25) is 4.79 Å². The van der Waals surface area contributed by atoms with E-state index in [0.29, 0.717) is 30.4 Å². The number of aromatic nitrogens is 4. The van der Waals surface area contributed by atoms with Crippen molar-refractivity contribution < 1.29 is 22.7 Å². The molecule has 2 N–H and O–H groups in total. The van der Waals surface area contributed by atoms with Gasteiger partial charge in [0.1, 0.15) is 41.0 Å². The van der Waals surface area contributed by atoms with Crippen LogP contribution in [0, 0.1) is 34.7 Å². The number of likely N-dealkylation sites (tertiary alicyclic amines) is 2. The number of nitrogens with two attached hydrogens (primary N) is 1. The van der Waals surface area contributed by atoms with Gasteiger partial charge in [0.25, 0.3) is 5.91 Å². The molecule has 10 nitrogen and oxygen atoms in total. The van der Waals surface area contributed by atoms with Gasteiger partial charge in [-0.1, -0.05) is 12.1 Å². The number of allylic oxidation sites excluding steroid dienone is 1. The molecule has 45 heavy (non-hydrogen) atoms. The molecular weight excluding hydrogens is 585 g/mol. The predicted molar refractivity (Wildman–Crippen MR) is 160 cm³/mol. The van der Waals surface area contributed by atoms with Gasteiger partial charge in [0.05, 0.1) is 11.4 Å². The van der Waals surface area contributed by atoms with E-state index in [1.54, 1.807) is 9.58 Å². The number of ether oxygens (including phenoxy) is 1. The number of nitriles is 1. The third kappa shape index (κ3) is 6.06. The van der Waals surface area contributed by atoms with Crippen LogP contribution >= 0.6 is 0 Å². The van der Waals surface area contributed by atoms with Crippen molar-refractivity contribution in [2.45, 2.75) is 31.7 Å². The maximum Gasteiger partial charge on any atom is 0.264 e. The molecule has 4 aromatic rings. The lowest BCUT2D eigenvalue weighted by Gasteiger charge is -2.33. The molecular formula is C32H31F3N8O2. The summed E-state index contributed by atoms with van der Waals surface area (Å²) < 4.78 is 50.3. The highest BCUT2D eigenvalue weighted by Crippen LogP contribution is 2.37. The van der Waals surface area contributed by atoms with Gasteiger partial charge >= 0.3 is 0 Å². The molecule has 2 aliphatic heterocycles. The second-order valence-electron chi connectivity index (χ2n) is 11.4. The van der Waals surface area contributed by atoms with Gasteiger partial charge < -0.3 is 20.3 Å². The third-order valence-corrected chi connectivity index (χ3v) is 8.40. The Labute approximate surface area is 257 Å². The number of nitrogens with zero attached hydrogens (tertiary/aromatic N) is 7. The average molecular weight is 617 g/mol. The zero-order chi connectivity index (χ0) is 31.7. The molecule has 0 saturated carbocycles. The van der Waals surface area contributed by atoms with E-state index in [1.807, 2.05) is 6.08 Å². The van der Waals surface area contributed by atoms with Gasteiger partial charge in [-0.15, -0.1) is 0 Å². The smallest absolute Gasteiger partial charge is 0.264 e. The minimum atomic E-state index is -1.18. The lowest BCUT2D eigenvalue weighted by molar-refractivity contribution is -0.128. The fourth-order valence-electron chi connectivity index (χ4n) is 5.98. The summed E-state index contributed by atoms with van der Waals surface area (Å²) in [5.74, 6) is -3.48. The molecule has 2 fully saturated rings. The highest BCUT2D eigenvalue weighted by atomic mass is 19.2. The molecule has 6 rings (SSSR count).